The number of carbonyl (C=O) groups is 2. The van der Waals surface area contributed by atoms with E-state index in [9.17, 15) is 9.59 Å². The van der Waals surface area contributed by atoms with Crippen molar-refractivity contribution in [3.8, 4) is 0 Å². The Labute approximate surface area is 136 Å². The highest BCUT2D eigenvalue weighted by atomic mass is 35.5. The highest BCUT2D eigenvalue weighted by Crippen LogP contribution is 2.21. The summed E-state index contributed by atoms with van der Waals surface area (Å²) in [7, 11) is 0. The molecule has 0 bridgehead atoms. The lowest BCUT2D eigenvalue weighted by Gasteiger charge is -2.24. The first-order chi connectivity index (χ1) is 10.6. The number of nitrogens with zero attached hydrogens (tertiary/aromatic N) is 1. The molecule has 2 amide bonds. The molecule has 4 nitrogen and oxygen atoms in total. The summed E-state index contributed by atoms with van der Waals surface area (Å²) >= 11 is 5.91. The molecule has 1 aromatic rings. The smallest absolute Gasteiger partial charge is 0.224 e. The Kier molecular flexibility index (Phi) is 6.25. The second-order valence-electron chi connectivity index (χ2n) is 5.80. The molecule has 1 aromatic carbocycles. The van der Waals surface area contributed by atoms with Crippen LogP contribution in [0.15, 0.2) is 24.3 Å². The van der Waals surface area contributed by atoms with Gasteiger partial charge in [-0.15, -0.1) is 0 Å². The van der Waals surface area contributed by atoms with Gasteiger partial charge in [-0.1, -0.05) is 36.6 Å². The SMILES string of the molecule is CC(=O)NC(CC(=O)N1CCCCCC1)c1ccc(Cl)cc1. The van der Waals surface area contributed by atoms with Crippen molar-refractivity contribution in [1.29, 1.82) is 0 Å². The lowest BCUT2D eigenvalue weighted by atomic mass is 10.0. The molecule has 0 aromatic heterocycles. The van der Waals surface area contributed by atoms with Gasteiger partial charge >= 0.3 is 0 Å². The van der Waals surface area contributed by atoms with Crippen LogP contribution in [-0.4, -0.2) is 29.8 Å². The van der Waals surface area contributed by atoms with E-state index >= 15 is 0 Å². The van der Waals surface area contributed by atoms with E-state index in [2.05, 4.69) is 5.32 Å². The molecule has 120 valence electrons. The third-order valence-corrected chi connectivity index (χ3v) is 4.24. The third-order valence-electron chi connectivity index (χ3n) is 3.99. The van der Waals surface area contributed by atoms with Crippen molar-refractivity contribution in [2.24, 2.45) is 0 Å². The summed E-state index contributed by atoms with van der Waals surface area (Å²) in [5.41, 5.74) is 0.905. The number of halogens is 1. The molecule has 1 atom stereocenters. The molecular formula is C17H23ClN2O2. The molecule has 0 spiro atoms. The van der Waals surface area contributed by atoms with E-state index in [0.29, 0.717) is 11.4 Å². The van der Waals surface area contributed by atoms with Crippen molar-refractivity contribution in [2.45, 2.75) is 45.1 Å². The second-order valence-corrected chi connectivity index (χ2v) is 6.24. The number of hydrogen-bond acceptors (Lipinski definition) is 2. The topological polar surface area (TPSA) is 49.4 Å². The first kappa shape index (κ1) is 16.8. The predicted octanol–water partition coefficient (Wildman–Crippen LogP) is 3.31. The van der Waals surface area contributed by atoms with Gasteiger partial charge < -0.3 is 10.2 Å². The summed E-state index contributed by atoms with van der Waals surface area (Å²) in [5.74, 6) is -0.0285. The Morgan fingerprint density at radius 3 is 2.27 bits per heavy atom. The van der Waals surface area contributed by atoms with Crippen LogP contribution < -0.4 is 5.32 Å². The summed E-state index contributed by atoms with van der Waals surface area (Å²) < 4.78 is 0. The van der Waals surface area contributed by atoms with Crippen LogP contribution in [0.3, 0.4) is 0 Å². The number of amides is 2. The van der Waals surface area contributed by atoms with Crippen LogP contribution in [0, 0.1) is 0 Å². The maximum Gasteiger partial charge on any atom is 0.224 e. The highest BCUT2D eigenvalue weighted by molar-refractivity contribution is 6.30. The minimum Gasteiger partial charge on any atom is -0.349 e. The molecule has 5 heteroatoms. The van der Waals surface area contributed by atoms with Crippen molar-refractivity contribution >= 4 is 23.4 Å². The Morgan fingerprint density at radius 2 is 1.73 bits per heavy atom. The summed E-state index contributed by atoms with van der Waals surface area (Å²) in [4.78, 5) is 25.9. The number of rotatable bonds is 4. The fourth-order valence-electron chi connectivity index (χ4n) is 2.82. The van der Waals surface area contributed by atoms with Gasteiger partial charge in [0.25, 0.3) is 0 Å². The van der Waals surface area contributed by atoms with E-state index in [1.54, 1.807) is 12.1 Å². The standard InChI is InChI=1S/C17H23ClN2O2/c1-13(21)19-16(14-6-8-15(18)9-7-14)12-17(22)20-10-4-2-3-5-11-20/h6-9,16H,2-5,10-12H2,1H3,(H,19,21). The normalized spacial score (nSPS) is 16.7. The minimum absolute atomic E-state index is 0.107. The molecule has 1 aliphatic rings. The van der Waals surface area contributed by atoms with Gasteiger partial charge in [0, 0.05) is 25.0 Å². The zero-order chi connectivity index (χ0) is 15.9. The van der Waals surface area contributed by atoms with Crippen LogP contribution >= 0.6 is 11.6 Å². The van der Waals surface area contributed by atoms with Crippen LogP contribution in [0.5, 0.6) is 0 Å². The van der Waals surface area contributed by atoms with E-state index in [-0.39, 0.29) is 17.9 Å². The van der Waals surface area contributed by atoms with Gasteiger partial charge in [0.2, 0.25) is 11.8 Å². The molecule has 1 aliphatic heterocycles. The summed E-state index contributed by atoms with van der Waals surface area (Å²) in [5, 5.41) is 3.51. The number of carbonyl (C=O) groups excluding carboxylic acids is 2. The number of likely N-dealkylation sites (tertiary alicyclic amines) is 1. The van der Waals surface area contributed by atoms with Crippen LogP contribution in [0.2, 0.25) is 5.02 Å². The van der Waals surface area contributed by atoms with Gasteiger partial charge in [-0.3, -0.25) is 9.59 Å². The van der Waals surface area contributed by atoms with Gasteiger partial charge in [-0.05, 0) is 30.5 Å². The quantitative estimate of drug-likeness (QED) is 0.924. The molecule has 0 aliphatic carbocycles. The fourth-order valence-corrected chi connectivity index (χ4v) is 2.94. The second kappa shape index (κ2) is 8.18. The Bertz CT molecular complexity index is 508. The van der Waals surface area contributed by atoms with Gasteiger partial charge in [-0.25, -0.2) is 0 Å². The molecule has 0 radical (unpaired) electrons. The van der Waals surface area contributed by atoms with Crippen molar-refractivity contribution in [3.63, 3.8) is 0 Å². The highest BCUT2D eigenvalue weighted by Gasteiger charge is 2.22. The lowest BCUT2D eigenvalue weighted by molar-refractivity contribution is -0.132. The summed E-state index contributed by atoms with van der Waals surface area (Å²) in [6, 6.07) is 6.98. The zero-order valence-corrected chi connectivity index (χ0v) is 13.7. The monoisotopic (exact) mass is 322 g/mol. The van der Waals surface area contributed by atoms with Crippen molar-refractivity contribution < 1.29 is 9.59 Å². The molecule has 0 saturated carbocycles. The minimum atomic E-state index is -0.300. The first-order valence-corrected chi connectivity index (χ1v) is 8.24. The predicted molar refractivity (Wildman–Crippen MR) is 87.7 cm³/mol. The average Bonchev–Trinajstić information content (AvgIpc) is 2.76. The van der Waals surface area contributed by atoms with E-state index in [1.807, 2.05) is 17.0 Å². The fraction of sp³-hybridized carbons (Fsp3) is 0.529. The van der Waals surface area contributed by atoms with Crippen LogP contribution in [0.1, 0.15) is 50.6 Å². The maximum absolute atomic E-state index is 12.5. The van der Waals surface area contributed by atoms with Crippen LogP contribution in [0.25, 0.3) is 0 Å². The molecule has 1 heterocycles. The zero-order valence-electron chi connectivity index (χ0n) is 13.0. The van der Waals surface area contributed by atoms with Crippen molar-refractivity contribution in [2.75, 3.05) is 13.1 Å². The van der Waals surface area contributed by atoms with Crippen LogP contribution in [0.4, 0.5) is 0 Å². The van der Waals surface area contributed by atoms with Gasteiger partial charge in [0.15, 0.2) is 0 Å². The van der Waals surface area contributed by atoms with Crippen LogP contribution in [-0.2, 0) is 9.59 Å². The third kappa shape index (κ3) is 5.02. The number of nitrogens with one attached hydrogen (secondary N) is 1. The Morgan fingerprint density at radius 1 is 1.14 bits per heavy atom. The van der Waals surface area contributed by atoms with E-state index in [1.165, 1.54) is 19.8 Å². The molecule has 1 fully saturated rings. The Hall–Kier alpha value is -1.55. The molecule has 1 saturated heterocycles. The largest absolute Gasteiger partial charge is 0.349 e. The molecular weight excluding hydrogens is 300 g/mol. The molecule has 1 unspecified atom stereocenters. The van der Waals surface area contributed by atoms with E-state index in [0.717, 1.165) is 31.5 Å². The van der Waals surface area contributed by atoms with Crippen molar-refractivity contribution in [3.05, 3.63) is 34.9 Å². The van der Waals surface area contributed by atoms with E-state index < -0.39 is 0 Å². The average molecular weight is 323 g/mol. The molecule has 22 heavy (non-hydrogen) atoms. The first-order valence-electron chi connectivity index (χ1n) is 7.86. The summed E-state index contributed by atoms with van der Waals surface area (Å²) in [6.07, 6.45) is 4.81. The summed E-state index contributed by atoms with van der Waals surface area (Å²) in [6.45, 7) is 3.12. The van der Waals surface area contributed by atoms with Gasteiger partial charge in [-0.2, -0.15) is 0 Å². The van der Waals surface area contributed by atoms with E-state index in [4.69, 9.17) is 11.6 Å². The number of benzene rings is 1. The van der Waals surface area contributed by atoms with Gasteiger partial charge in [0.05, 0.1) is 12.5 Å². The Balaban J connectivity index is 2.06. The number of hydrogen-bond donors (Lipinski definition) is 1. The molecule has 1 N–H and O–H groups in total. The van der Waals surface area contributed by atoms with Gasteiger partial charge in [0.1, 0.15) is 0 Å². The molecule has 2 rings (SSSR count). The lowest BCUT2D eigenvalue weighted by Crippen LogP contribution is -2.36. The van der Waals surface area contributed by atoms with Crippen molar-refractivity contribution in [1.82, 2.24) is 10.2 Å². The maximum atomic E-state index is 12.5.